The lowest BCUT2D eigenvalue weighted by molar-refractivity contribution is 0.220. The Kier molecular flexibility index (Phi) is 3.58. The van der Waals surface area contributed by atoms with Crippen molar-refractivity contribution in [1.82, 2.24) is 4.98 Å². The van der Waals surface area contributed by atoms with E-state index < -0.39 is 0 Å². The summed E-state index contributed by atoms with van der Waals surface area (Å²) in [6, 6.07) is 7.85. The molecule has 5 heteroatoms. The SMILES string of the molecule is NCc1coc(OCc2ccc(Br)cc2)n1. The van der Waals surface area contributed by atoms with Crippen molar-refractivity contribution < 1.29 is 9.15 Å². The first-order valence-corrected chi connectivity index (χ1v) is 5.59. The Labute approximate surface area is 102 Å². The number of nitrogens with two attached hydrogens (primary N) is 1. The zero-order valence-corrected chi connectivity index (χ0v) is 10.1. The number of oxazole rings is 1. The molecule has 0 atom stereocenters. The van der Waals surface area contributed by atoms with Crippen LogP contribution in [0.25, 0.3) is 0 Å². The van der Waals surface area contributed by atoms with Crippen molar-refractivity contribution in [3.63, 3.8) is 0 Å². The fourth-order valence-corrected chi connectivity index (χ4v) is 1.44. The number of halogens is 1. The molecule has 2 aromatic rings. The lowest BCUT2D eigenvalue weighted by atomic mass is 10.2. The van der Waals surface area contributed by atoms with Gasteiger partial charge in [0, 0.05) is 11.0 Å². The molecule has 4 nitrogen and oxygen atoms in total. The Hall–Kier alpha value is -1.33. The molecule has 1 aromatic carbocycles. The molecule has 1 aromatic heterocycles. The minimum absolute atomic E-state index is 0.253. The quantitative estimate of drug-likeness (QED) is 0.936. The van der Waals surface area contributed by atoms with Gasteiger partial charge < -0.3 is 14.9 Å². The van der Waals surface area contributed by atoms with Crippen molar-refractivity contribution in [3.05, 3.63) is 46.3 Å². The van der Waals surface area contributed by atoms with Crippen LogP contribution in [0, 0.1) is 0 Å². The average molecular weight is 283 g/mol. The van der Waals surface area contributed by atoms with E-state index in [1.165, 1.54) is 6.26 Å². The molecule has 0 aliphatic carbocycles. The van der Waals surface area contributed by atoms with Gasteiger partial charge >= 0.3 is 6.08 Å². The molecule has 2 rings (SSSR count). The van der Waals surface area contributed by atoms with E-state index in [0.29, 0.717) is 18.8 Å². The molecule has 0 fully saturated rings. The first kappa shape index (κ1) is 11.2. The van der Waals surface area contributed by atoms with E-state index in [0.717, 1.165) is 10.0 Å². The molecule has 0 radical (unpaired) electrons. The fraction of sp³-hybridized carbons (Fsp3) is 0.182. The molecule has 2 N–H and O–H groups in total. The van der Waals surface area contributed by atoms with Crippen LogP contribution in [0.5, 0.6) is 6.08 Å². The molecule has 0 unspecified atom stereocenters. The van der Waals surface area contributed by atoms with Gasteiger partial charge in [0.15, 0.2) is 0 Å². The molecular weight excluding hydrogens is 272 g/mol. The van der Waals surface area contributed by atoms with Crippen LogP contribution in [0.3, 0.4) is 0 Å². The second kappa shape index (κ2) is 5.14. The molecule has 0 saturated carbocycles. The van der Waals surface area contributed by atoms with Crippen LogP contribution in [-0.2, 0) is 13.2 Å². The van der Waals surface area contributed by atoms with Crippen molar-refractivity contribution in [2.24, 2.45) is 5.73 Å². The molecule has 0 aliphatic heterocycles. The van der Waals surface area contributed by atoms with Crippen molar-refractivity contribution in [1.29, 1.82) is 0 Å². The molecule has 0 spiro atoms. The number of hydrogen-bond acceptors (Lipinski definition) is 4. The maximum absolute atomic E-state index is 5.40. The van der Waals surface area contributed by atoms with Crippen molar-refractivity contribution in [3.8, 4) is 6.08 Å². The number of aromatic nitrogens is 1. The number of nitrogens with zero attached hydrogens (tertiary/aromatic N) is 1. The van der Waals surface area contributed by atoms with Gasteiger partial charge in [0.25, 0.3) is 0 Å². The largest absolute Gasteiger partial charge is 0.445 e. The van der Waals surface area contributed by atoms with Crippen LogP contribution in [0.1, 0.15) is 11.3 Å². The Morgan fingerprint density at radius 2 is 2.06 bits per heavy atom. The van der Waals surface area contributed by atoms with Crippen molar-refractivity contribution >= 4 is 15.9 Å². The van der Waals surface area contributed by atoms with E-state index in [1.807, 2.05) is 24.3 Å². The highest BCUT2D eigenvalue weighted by molar-refractivity contribution is 9.10. The summed E-state index contributed by atoms with van der Waals surface area (Å²) in [6.45, 7) is 0.781. The predicted octanol–water partition coefficient (Wildman–Crippen LogP) is 2.47. The minimum Gasteiger partial charge on any atom is -0.445 e. The zero-order valence-electron chi connectivity index (χ0n) is 8.52. The number of rotatable bonds is 4. The van der Waals surface area contributed by atoms with Crippen LogP contribution < -0.4 is 10.5 Å². The lowest BCUT2D eigenvalue weighted by Gasteiger charge is -2.01. The minimum atomic E-state index is 0.253. The molecule has 0 saturated heterocycles. The Morgan fingerprint density at radius 1 is 1.31 bits per heavy atom. The van der Waals surface area contributed by atoms with E-state index in [1.54, 1.807) is 0 Å². The summed E-state index contributed by atoms with van der Waals surface area (Å²) >= 11 is 3.37. The summed E-state index contributed by atoms with van der Waals surface area (Å²) in [5, 5.41) is 0. The topological polar surface area (TPSA) is 61.3 Å². The van der Waals surface area contributed by atoms with Crippen molar-refractivity contribution in [2.45, 2.75) is 13.2 Å². The van der Waals surface area contributed by atoms with Gasteiger partial charge in [0.2, 0.25) is 0 Å². The van der Waals surface area contributed by atoms with Gasteiger partial charge in [-0.1, -0.05) is 28.1 Å². The van der Waals surface area contributed by atoms with E-state index in [4.69, 9.17) is 14.9 Å². The zero-order chi connectivity index (χ0) is 11.4. The average Bonchev–Trinajstić information content (AvgIpc) is 2.76. The summed E-state index contributed by atoms with van der Waals surface area (Å²) in [4.78, 5) is 4.04. The third-order valence-electron chi connectivity index (χ3n) is 2.02. The first-order valence-electron chi connectivity index (χ1n) is 4.79. The van der Waals surface area contributed by atoms with Crippen LogP contribution in [0.15, 0.2) is 39.4 Å². The van der Waals surface area contributed by atoms with Gasteiger partial charge in [-0.3, -0.25) is 0 Å². The first-order chi connectivity index (χ1) is 7.78. The summed E-state index contributed by atoms with van der Waals surface area (Å²) in [6.07, 6.45) is 1.75. The van der Waals surface area contributed by atoms with E-state index in [-0.39, 0.29) is 6.08 Å². The molecule has 84 valence electrons. The summed E-state index contributed by atoms with van der Waals surface area (Å²) in [5.74, 6) is 0. The molecule has 1 heterocycles. The monoisotopic (exact) mass is 282 g/mol. The molecule has 0 aliphatic rings. The van der Waals surface area contributed by atoms with Crippen molar-refractivity contribution in [2.75, 3.05) is 0 Å². The number of hydrogen-bond donors (Lipinski definition) is 1. The molecule has 0 amide bonds. The normalized spacial score (nSPS) is 10.4. The second-order valence-electron chi connectivity index (χ2n) is 3.22. The van der Waals surface area contributed by atoms with Crippen LogP contribution in [0.4, 0.5) is 0 Å². The second-order valence-corrected chi connectivity index (χ2v) is 4.14. The Bertz CT molecular complexity index is 453. The van der Waals surface area contributed by atoms with E-state index in [2.05, 4.69) is 20.9 Å². The summed E-state index contributed by atoms with van der Waals surface area (Å²) < 4.78 is 11.5. The van der Waals surface area contributed by atoms with Gasteiger partial charge in [-0.25, -0.2) is 0 Å². The summed E-state index contributed by atoms with van der Waals surface area (Å²) in [7, 11) is 0. The smallest absolute Gasteiger partial charge is 0.394 e. The van der Waals surface area contributed by atoms with Gasteiger partial charge in [0.05, 0.1) is 5.69 Å². The Morgan fingerprint density at radius 3 is 2.69 bits per heavy atom. The van der Waals surface area contributed by atoms with Crippen LogP contribution in [-0.4, -0.2) is 4.98 Å². The summed E-state index contributed by atoms with van der Waals surface area (Å²) in [5.41, 5.74) is 7.14. The van der Waals surface area contributed by atoms with E-state index >= 15 is 0 Å². The molecule has 16 heavy (non-hydrogen) atoms. The predicted molar refractivity (Wildman–Crippen MR) is 62.9 cm³/mol. The third-order valence-corrected chi connectivity index (χ3v) is 2.54. The molecule has 0 bridgehead atoms. The van der Waals surface area contributed by atoms with Gasteiger partial charge in [-0.05, 0) is 17.7 Å². The maximum Gasteiger partial charge on any atom is 0.394 e. The van der Waals surface area contributed by atoms with Crippen LogP contribution in [0.2, 0.25) is 0 Å². The lowest BCUT2D eigenvalue weighted by Crippen LogP contribution is -1.98. The fourth-order valence-electron chi connectivity index (χ4n) is 1.17. The highest BCUT2D eigenvalue weighted by Gasteiger charge is 2.03. The van der Waals surface area contributed by atoms with Gasteiger partial charge in [0.1, 0.15) is 12.9 Å². The third kappa shape index (κ3) is 2.84. The van der Waals surface area contributed by atoms with Gasteiger partial charge in [-0.2, -0.15) is 4.98 Å². The van der Waals surface area contributed by atoms with Crippen LogP contribution >= 0.6 is 15.9 Å². The van der Waals surface area contributed by atoms with E-state index in [9.17, 15) is 0 Å². The van der Waals surface area contributed by atoms with Gasteiger partial charge in [-0.15, -0.1) is 0 Å². The highest BCUT2D eigenvalue weighted by atomic mass is 79.9. The highest BCUT2D eigenvalue weighted by Crippen LogP contribution is 2.14. The standard InChI is InChI=1S/C11H11BrN2O2/c12-9-3-1-8(2-4-9)6-15-11-14-10(5-13)7-16-11/h1-4,7H,5-6,13H2. The number of benzene rings is 1. The Balaban J connectivity index is 1.94. The maximum atomic E-state index is 5.40. The molecular formula is C11H11BrN2O2. The number of ether oxygens (including phenoxy) is 1.